The van der Waals surface area contributed by atoms with Crippen LogP contribution in [-0.4, -0.2) is 29.0 Å². The maximum Gasteiger partial charge on any atom is 0.446 e. The van der Waals surface area contributed by atoms with Gasteiger partial charge >= 0.3 is 6.18 Å². The lowest BCUT2D eigenvalue weighted by molar-refractivity contribution is -0.156. The molecule has 1 aromatic heterocycles. The summed E-state index contributed by atoms with van der Waals surface area (Å²) in [6, 6.07) is 15.3. The van der Waals surface area contributed by atoms with Gasteiger partial charge in [-0.15, -0.1) is 0 Å². The molecule has 172 valence electrons. The molecule has 2 aromatic carbocycles. The van der Waals surface area contributed by atoms with Gasteiger partial charge in [-0.05, 0) is 54.1 Å². The van der Waals surface area contributed by atoms with Gasteiger partial charge in [0.05, 0.1) is 17.4 Å². The highest BCUT2D eigenvalue weighted by Crippen LogP contribution is 2.27. The van der Waals surface area contributed by atoms with Crippen LogP contribution in [-0.2, 0) is 11.3 Å². The Hall–Kier alpha value is -2.67. The van der Waals surface area contributed by atoms with Gasteiger partial charge in [0.25, 0.3) is 0 Å². The van der Waals surface area contributed by atoms with Crippen LogP contribution in [0.4, 0.5) is 13.2 Å². The van der Waals surface area contributed by atoms with E-state index in [2.05, 4.69) is 57.7 Å². The number of carbonyl (C=O) groups excluding carboxylic acids is 1. The van der Waals surface area contributed by atoms with Crippen LogP contribution in [0.25, 0.3) is 22.2 Å². The van der Waals surface area contributed by atoms with Crippen LogP contribution in [0.3, 0.4) is 0 Å². The Morgan fingerprint density at radius 1 is 1.03 bits per heavy atom. The van der Waals surface area contributed by atoms with Gasteiger partial charge in [-0.25, -0.2) is 4.98 Å². The van der Waals surface area contributed by atoms with Gasteiger partial charge in [0.1, 0.15) is 0 Å². The Kier molecular flexibility index (Phi) is 8.85. The summed E-state index contributed by atoms with van der Waals surface area (Å²) in [6.45, 7) is 2.10. The molecule has 2 N–H and O–H groups in total. The quantitative estimate of drug-likeness (QED) is 0.326. The number of benzene rings is 2. The fraction of sp³-hybridized carbons (Fsp3) is 0.440. The molecule has 0 saturated heterocycles. The van der Waals surface area contributed by atoms with Gasteiger partial charge < -0.3 is 10.3 Å². The first-order valence-corrected chi connectivity index (χ1v) is 11.2. The molecule has 0 bridgehead atoms. The number of alkyl halides is 3. The SMILES string of the molecule is O=CC(F)(F)F.c1nc2ccc(-c3ccc(CNCCCC4CCCCC4)cc3)cc2[nH]1. The molecule has 1 fully saturated rings. The van der Waals surface area contributed by atoms with Crippen molar-refractivity contribution in [1.82, 2.24) is 15.3 Å². The van der Waals surface area contributed by atoms with Crippen LogP contribution in [0.5, 0.6) is 0 Å². The van der Waals surface area contributed by atoms with E-state index < -0.39 is 12.5 Å². The number of imidazole rings is 1. The number of aromatic amines is 1. The molecule has 4 nitrogen and oxygen atoms in total. The number of halogens is 3. The summed E-state index contributed by atoms with van der Waals surface area (Å²) < 4.78 is 31.2. The van der Waals surface area contributed by atoms with Gasteiger partial charge in [0.2, 0.25) is 6.29 Å². The lowest BCUT2D eigenvalue weighted by Gasteiger charge is -2.21. The number of carbonyl (C=O) groups is 1. The number of hydrogen-bond donors (Lipinski definition) is 2. The van der Waals surface area contributed by atoms with Crippen LogP contribution in [0.15, 0.2) is 48.8 Å². The lowest BCUT2D eigenvalue weighted by Crippen LogP contribution is -2.16. The minimum absolute atomic E-state index is 0.963. The molecule has 7 heteroatoms. The highest BCUT2D eigenvalue weighted by molar-refractivity contribution is 5.81. The first-order valence-electron chi connectivity index (χ1n) is 11.2. The number of H-pyrrole nitrogens is 1. The minimum atomic E-state index is -4.64. The van der Waals surface area contributed by atoms with Gasteiger partial charge in [0.15, 0.2) is 0 Å². The summed E-state index contributed by atoms with van der Waals surface area (Å²) >= 11 is 0. The van der Waals surface area contributed by atoms with Crippen molar-refractivity contribution in [3.05, 3.63) is 54.4 Å². The molecule has 0 spiro atoms. The zero-order valence-electron chi connectivity index (χ0n) is 18.1. The molecule has 1 aliphatic carbocycles. The molecule has 1 aliphatic rings. The molecule has 0 aliphatic heterocycles. The van der Waals surface area contributed by atoms with Crippen molar-refractivity contribution in [3.8, 4) is 11.1 Å². The largest absolute Gasteiger partial charge is 0.446 e. The van der Waals surface area contributed by atoms with Crippen molar-refractivity contribution in [2.75, 3.05) is 6.54 Å². The first kappa shape index (κ1) is 24.0. The summed E-state index contributed by atoms with van der Waals surface area (Å²) in [4.78, 5) is 16.2. The second kappa shape index (κ2) is 11.8. The fourth-order valence-electron chi connectivity index (χ4n) is 4.15. The van der Waals surface area contributed by atoms with Crippen molar-refractivity contribution < 1.29 is 18.0 Å². The smallest absolute Gasteiger partial charge is 0.345 e. The van der Waals surface area contributed by atoms with Crippen molar-refractivity contribution in [3.63, 3.8) is 0 Å². The van der Waals surface area contributed by atoms with Crippen molar-refractivity contribution in [2.45, 2.75) is 57.7 Å². The Balaban J connectivity index is 0.000000427. The Labute approximate surface area is 186 Å². The zero-order chi connectivity index (χ0) is 22.8. The van der Waals surface area contributed by atoms with Crippen molar-refractivity contribution in [1.29, 1.82) is 0 Å². The van der Waals surface area contributed by atoms with E-state index in [4.69, 9.17) is 4.79 Å². The minimum Gasteiger partial charge on any atom is -0.345 e. The first-order chi connectivity index (χ1) is 15.4. The summed E-state index contributed by atoms with van der Waals surface area (Å²) in [7, 11) is 0. The monoisotopic (exact) mass is 445 g/mol. The molecule has 1 saturated carbocycles. The normalized spacial score (nSPS) is 14.7. The summed E-state index contributed by atoms with van der Waals surface area (Å²) in [5, 5.41) is 3.61. The van der Waals surface area contributed by atoms with Crippen molar-refractivity contribution >= 4 is 17.3 Å². The maximum atomic E-state index is 10.4. The Bertz CT molecular complexity index is 960. The predicted octanol–water partition coefficient (Wildman–Crippen LogP) is 6.43. The summed E-state index contributed by atoms with van der Waals surface area (Å²) in [5.74, 6) is 0.997. The molecule has 3 aromatic rings. The molecule has 0 atom stereocenters. The molecule has 0 unspecified atom stereocenters. The van der Waals surface area contributed by atoms with E-state index in [1.807, 2.05) is 0 Å². The molecule has 32 heavy (non-hydrogen) atoms. The van der Waals surface area contributed by atoms with Gasteiger partial charge in [-0.1, -0.05) is 62.4 Å². The molecule has 4 rings (SSSR count). The second-order valence-corrected chi connectivity index (χ2v) is 8.31. The predicted molar refractivity (Wildman–Crippen MR) is 121 cm³/mol. The second-order valence-electron chi connectivity index (χ2n) is 8.31. The molecular formula is C25H30F3N3O. The number of rotatable bonds is 7. The standard InChI is InChI=1S/C23H29N3.C2HF3O/c1-2-5-18(6-3-1)7-4-14-24-16-19-8-10-20(11-9-19)21-12-13-22-23(15-21)26-17-25-22;3-2(4,5)1-6/h8-13,15,17-18,24H,1-7,14,16H2,(H,25,26);1H. The Morgan fingerprint density at radius 3 is 2.41 bits per heavy atom. The zero-order valence-corrected chi connectivity index (χ0v) is 18.1. The van der Waals surface area contributed by atoms with Gasteiger partial charge in [-0.3, -0.25) is 4.79 Å². The lowest BCUT2D eigenvalue weighted by atomic mass is 9.86. The van der Waals surface area contributed by atoms with Crippen LogP contribution < -0.4 is 5.32 Å². The number of aromatic nitrogens is 2. The van der Waals surface area contributed by atoms with E-state index >= 15 is 0 Å². The number of hydrogen-bond acceptors (Lipinski definition) is 3. The maximum absolute atomic E-state index is 10.4. The Morgan fingerprint density at radius 2 is 1.72 bits per heavy atom. The number of aldehydes is 1. The van der Waals surface area contributed by atoms with E-state index in [1.165, 1.54) is 61.6 Å². The third-order valence-corrected chi connectivity index (χ3v) is 5.86. The summed E-state index contributed by atoms with van der Waals surface area (Å²) in [6.07, 6.45) is 6.06. The third-order valence-electron chi connectivity index (χ3n) is 5.86. The highest BCUT2D eigenvalue weighted by Gasteiger charge is 2.24. The fourth-order valence-corrected chi connectivity index (χ4v) is 4.15. The van der Waals surface area contributed by atoms with E-state index in [1.54, 1.807) is 6.33 Å². The number of fused-ring (bicyclic) bond motifs is 1. The molecule has 0 amide bonds. The van der Waals surface area contributed by atoms with Crippen LogP contribution in [0.2, 0.25) is 0 Å². The van der Waals surface area contributed by atoms with Crippen LogP contribution in [0.1, 0.15) is 50.5 Å². The van der Waals surface area contributed by atoms with E-state index in [-0.39, 0.29) is 0 Å². The average Bonchev–Trinajstić information content (AvgIpc) is 3.28. The average molecular weight is 446 g/mol. The number of nitrogens with one attached hydrogen (secondary N) is 2. The van der Waals surface area contributed by atoms with Crippen molar-refractivity contribution in [2.24, 2.45) is 5.92 Å². The van der Waals surface area contributed by atoms with Gasteiger partial charge in [-0.2, -0.15) is 13.2 Å². The van der Waals surface area contributed by atoms with Crippen LogP contribution in [0, 0.1) is 5.92 Å². The molecular weight excluding hydrogens is 415 g/mol. The topological polar surface area (TPSA) is 57.8 Å². The third kappa shape index (κ3) is 7.79. The van der Waals surface area contributed by atoms with Gasteiger partial charge in [0, 0.05) is 6.54 Å². The van der Waals surface area contributed by atoms with Crippen LogP contribution >= 0.6 is 0 Å². The molecule has 0 radical (unpaired) electrons. The van der Waals surface area contributed by atoms with E-state index in [9.17, 15) is 13.2 Å². The highest BCUT2D eigenvalue weighted by atomic mass is 19.4. The van der Waals surface area contributed by atoms with E-state index in [0.29, 0.717) is 0 Å². The summed E-state index contributed by atoms with van der Waals surface area (Å²) in [5.41, 5.74) is 5.94. The number of nitrogens with zero attached hydrogens (tertiary/aromatic N) is 1. The molecule has 1 heterocycles. The van der Waals surface area contributed by atoms with E-state index in [0.717, 1.165) is 30.0 Å².